The Morgan fingerprint density at radius 3 is 2.62 bits per heavy atom. The summed E-state index contributed by atoms with van der Waals surface area (Å²) in [4.78, 5) is 11.8. The predicted molar refractivity (Wildman–Crippen MR) is 70.5 cm³/mol. The number of phenolic OH excluding ortho intramolecular Hbond substituents is 1. The SMILES string of the molecule is O=C(NCCC1CCNCC1)c1cc(F)c(F)c(O)c1F. The molecule has 1 aromatic rings. The normalized spacial score (nSPS) is 16.0. The lowest BCUT2D eigenvalue weighted by Crippen LogP contribution is -2.31. The summed E-state index contributed by atoms with van der Waals surface area (Å²) in [6.07, 6.45) is 2.76. The van der Waals surface area contributed by atoms with E-state index in [1.807, 2.05) is 0 Å². The molecular formula is C14H17F3N2O2. The fourth-order valence-corrected chi connectivity index (χ4v) is 2.41. The zero-order valence-corrected chi connectivity index (χ0v) is 11.4. The van der Waals surface area contributed by atoms with Gasteiger partial charge in [-0.05, 0) is 44.3 Å². The van der Waals surface area contributed by atoms with Crippen LogP contribution in [0.15, 0.2) is 6.07 Å². The Bertz CT molecular complexity index is 531. The zero-order valence-electron chi connectivity index (χ0n) is 11.4. The third kappa shape index (κ3) is 3.66. The summed E-state index contributed by atoms with van der Waals surface area (Å²) in [5.74, 6) is -6.46. The van der Waals surface area contributed by atoms with Crippen LogP contribution in [0.4, 0.5) is 13.2 Å². The molecule has 3 N–H and O–H groups in total. The Labute approximate surface area is 120 Å². The van der Waals surface area contributed by atoms with E-state index in [0.29, 0.717) is 18.5 Å². The monoisotopic (exact) mass is 302 g/mol. The lowest BCUT2D eigenvalue weighted by atomic mass is 9.95. The first-order valence-corrected chi connectivity index (χ1v) is 6.86. The first-order chi connectivity index (χ1) is 10.0. The number of hydrogen-bond acceptors (Lipinski definition) is 3. The van der Waals surface area contributed by atoms with Gasteiger partial charge in [0.25, 0.3) is 5.91 Å². The van der Waals surface area contributed by atoms with E-state index in [1.54, 1.807) is 0 Å². The van der Waals surface area contributed by atoms with Gasteiger partial charge in [-0.3, -0.25) is 4.79 Å². The van der Waals surface area contributed by atoms with Crippen molar-refractivity contribution in [2.45, 2.75) is 19.3 Å². The van der Waals surface area contributed by atoms with Crippen LogP contribution in [0.5, 0.6) is 5.75 Å². The number of amides is 1. The molecule has 0 unspecified atom stereocenters. The van der Waals surface area contributed by atoms with Gasteiger partial charge in [0.15, 0.2) is 17.4 Å². The molecule has 0 spiro atoms. The van der Waals surface area contributed by atoms with Gasteiger partial charge in [0.1, 0.15) is 0 Å². The van der Waals surface area contributed by atoms with Crippen molar-refractivity contribution in [3.8, 4) is 5.75 Å². The first-order valence-electron chi connectivity index (χ1n) is 6.86. The number of rotatable bonds is 4. The summed E-state index contributed by atoms with van der Waals surface area (Å²) in [6, 6.07) is 0.449. The summed E-state index contributed by atoms with van der Waals surface area (Å²) >= 11 is 0. The smallest absolute Gasteiger partial charge is 0.254 e. The Kier molecular flexibility index (Phi) is 5.06. The molecule has 7 heteroatoms. The minimum atomic E-state index is -1.70. The molecule has 1 heterocycles. The molecule has 0 saturated carbocycles. The molecule has 0 aromatic heterocycles. The molecule has 1 saturated heterocycles. The summed E-state index contributed by atoms with van der Waals surface area (Å²) in [6.45, 7) is 2.19. The van der Waals surface area contributed by atoms with E-state index in [9.17, 15) is 18.0 Å². The lowest BCUT2D eigenvalue weighted by molar-refractivity contribution is 0.0944. The zero-order chi connectivity index (χ0) is 15.4. The van der Waals surface area contributed by atoms with E-state index in [1.165, 1.54) is 0 Å². The van der Waals surface area contributed by atoms with Crippen LogP contribution < -0.4 is 10.6 Å². The van der Waals surface area contributed by atoms with Crippen LogP contribution in [0, 0.1) is 23.4 Å². The van der Waals surface area contributed by atoms with Gasteiger partial charge in [-0.25, -0.2) is 8.78 Å². The molecule has 1 fully saturated rings. The molecule has 0 atom stereocenters. The number of benzene rings is 1. The maximum Gasteiger partial charge on any atom is 0.254 e. The number of aromatic hydroxyl groups is 1. The molecule has 0 aliphatic carbocycles. The second-order valence-electron chi connectivity index (χ2n) is 5.12. The minimum absolute atomic E-state index is 0.322. The number of piperidine rings is 1. The Hall–Kier alpha value is -1.76. The van der Waals surface area contributed by atoms with Crippen LogP contribution in [-0.4, -0.2) is 30.6 Å². The molecule has 1 aliphatic rings. The van der Waals surface area contributed by atoms with Gasteiger partial charge in [-0.15, -0.1) is 0 Å². The number of nitrogens with one attached hydrogen (secondary N) is 2. The minimum Gasteiger partial charge on any atom is -0.503 e. The fraction of sp³-hybridized carbons (Fsp3) is 0.500. The molecule has 2 rings (SSSR count). The van der Waals surface area contributed by atoms with E-state index < -0.39 is 34.7 Å². The number of carbonyl (C=O) groups is 1. The summed E-state index contributed by atoms with van der Waals surface area (Å²) in [5, 5.41) is 14.8. The topological polar surface area (TPSA) is 61.4 Å². The van der Waals surface area contributed by atoms with Crippen LogP contribution in [-0.2, 0) is 0 Å². The first kappa shape index (κ1) is 15.6. The summed E-state index contributed by atoms with van der Waals surface area (Å²) in [5.41, 5.74) is -0.697. The highest BCUT2D eigenvalue weighted by Gasteiger charge is 2.22. The van der Waals surface area contributed by atoms with Crippen LogP contribution in [0.25, 0.3) is 0 Å². The highest BCUT2D eigenvalue weighted by molar-refractivity contribution is 5.94. The quantitative estimate of drug-likeness (QED) is 0.745. The molecule has 21 heavy (non-hydrogen) atoms. The van der Waals surface area contributed by atoms with Crippen molar-refractivity contribution in [1.29, 1.82) is 0 Å². The average molecular weight is 302 g/mol. The van der Waals surface area contributed by atoms with Crippen molar-refractivity contribution >= 4 is 5.91 Å². The number of halogens is 3. The van der Waals surface area contributed by atoms with E-state index in [4.69, 9.17) is 5.11 Å². The van der Waals surface area contributed by atoms with Crippen LogP contribution in [0.2, 0.25) is 0 Å². The Morgan fingerprint density at radius 1 is 1.29 bits per heavy atom. The highest BCUT2D eigenvalue weighted by atomic mass is 19.2. The number of phenols is 1. The van der Waals surface area contributed by atoms with Crippen molar-refractivity contribution in [3.05, 3.63) is 29.1 Å². The van der Waals surface area contributed by atoms with Gasteiger partial charge in [0.2, 0.25) is 5.82 Å². The molecule has 0 bridgehead atoms. The maximum absolute atomic E-state index is 13.5. The third-order valence-electron chi connectivity index (χ3n) is 3.67. The largest absolute Gasteiger partial charge is 0.503 e. The van der Waals surface area contributed by atoms with Gasteiger partial charge in [0, 0.05) is 6.54 Å². The van der Waals surface area contributed by atoms with E-state index >= 15 is 0 Å². The van der Waals surface area contributed by atoms with Crippen LogP contribution in [0.3, 0.4) is 0 Å². The molecular weight excluding hydrogens is 285 g/mol. The van der Waals surface area contributed by atoms with Crippen molar-refractivity contribution in [1.82, 2.24) is 10.6 Å². The molecule has 1 aliphatic heterocycles. The van der Waals surface area contributed by atoms with Gasteiger partial charge in [-0.1, -0.05) is 0 Å². The average Bonchev–Trinajstić information content (AvgIpc) is 2.49. The number of hydrogen-bond donors (Lipinski definition) is 3. The molecule has 116 valence electrons. The van der Waals surface area contributed by atoms with Gasteiger partial charge in [-0.2, -0.15) is 4.39 Å². The lowest BCUT2D eigenvalue weighted by Gasteiger charge is -2.22. The summed E-state index contributed by atoms with van der Waals surface area (Å²) < 4.78 is 39.6. The van der Waals surface area contributed by atoms with Crippen LogP contribution >= 0.6 is 0 Å². The second kappa shape index (κ2) is 6.80. The van der Waals surface area contributed by atoms with Crippen molar-refractivity contribution in [2.75, 3.05) is 19.6 Å². The molecule has 0 radical (unpaired) electrons. The Balaban J connectivity index is 1.94. The predicted octanol–water partition coefficient (Wildman–Crippen LogP) is 1.93. The third-order valence-corrected chi connectivity index (χ3v) is 3.67. The van der Waals surface area contributed by atoms with E-state index in [2.05, 4.69) is 10.6 Å². The van der Waals surface area contributed by atoms with Crippen LogP contribution in [0.1, 0.15) is 29.6 Å². The van der Waals surface area contributed by atoms with Gasteiger partial charge >= 0.3 is 0 Å². The maximum atomic E-state index is 13.5. The van der Waals surface area contributed by atoms with E-state index in [0.717, 1.165) is 32.4 Å². The molecule has 1 aromatic carbocycles. The van der Waals surface area contributed by atoms with Crippen molar-refractivity contribution in [2.24, 2.45) is 5.92 Å². The summed E-state index contributed by atoms with van der Waals surface area (Å²) in [7, 11) is 0. The molecule has 4 nitrogen and oxygen atoms in total. The molecule has 1 amide bonds. The van der Waals surface area contributed by atoms with Crippen molar-refractivity contribution in [3.63, 3.8) is 0 Å². The second-order valence-corrected chi connectivity index (χ2v) is 5.12. The fourth-order valence-electron chi connectivity index (χ4n) is 2.41. The van der Waals surface area contributed by atoms with Crippen molar-refractivity contribution < 1.29 is 23.1 Å². The van der Waals surface area contributed by atoms with Gasteiger partial charge in [0.05, 0.1) is 5.56 Å². The van der Waals surface area contributed by atoms with Gasteiger partial charge < -0.3 is 15.7 Å². The standard InChI is InChI=1S/C14H17F3N2O2/c15-10-7-9(11(16)13(20)12(10)17)14(21)19-6-3-8-1-4-18-5-2-8/h7-8,18,20H,1-6H2,(H,19,21). The number of carbonyl (C=O) groups excluding carboxylic acids is 1. The Morgan fingerprint density at radius 2 is 1.95 bits per heavy atom. The van der Waals surface area contributed by atoms with E-state index in [-0.39, 0.29) is 0 Å². The highest BCUT2D eigenvalue weighted by Crippen LogP contribution is 2.25.